The van der Waals surface area contributed by atoms with E-state index in [9.17, 15) is 0 Å². The summed E-state index contributed by atoms with van der Waals surface area (Å²) < 4.78 is 2.54. The van der Waals surface area contributed by atoms with Crippen LogP contribution in [0.3, 0.4) is 0 Å². The van der Waals surface area contributed by atoms with Crippen molar-refractivity contribution in [1.29, 1.82) is 0 Å². The van der Waals surface area contributed by atoms with Gasteiger partial charge in [0.1, 0.15) is 16.1 Å². The Morgan fingerprint density at radius 1 is 0.633 bits per heavy atom. The Morgan fingerprint density at radius 2 is 1.00 bits per heavy atom. The lowest BCUT2D eigenvalue weighted by Gasteiger charge is -2.26. The quantitative estimate of drug-likeness (QED) is 0.200. The number of rotatable bonds is 0. The number of hydrogen-bond donors (Lipinski definition) is 0. The summed E-state index contributed by atoms with van der Waals surface area (Å²) in [7, 11) is -3.48. The van der Waals surface area contributed by atoms with Crippen molar-refractivity contribution in [3.05, 3.63) is 43.0 Å². The van der Waals surface area contributed by atoms with Crippen molar-refractivity contribution in [3.63, 3.8) is 0 Å². The molecule has 0 spiro atoms. The van der Waals surface area contributed by atoms with Gasteiger partial charge >= 0.3 is 0 Å². The van der Waals surface area contributed by atoms with E-state index in [0.717, 1.165) is 0 Å². The van der Waals surface area contributed by atoms with Gasteiger partial charge in [0.25, 0.3) is 0 Å². The van der Waals surface area contributed by atoms with Gasteiger partial charge < -0.3 is 0 Å². The normalized spacial score (nSPS) is 17.2. The molecule has 0 amide bonds. The predicted molar refractivity (Wildman–Crippen MR) is 149 cm³/mol. The topological polar surface area (TPSA) is 0 Å². The highest BCUT2D eigenvalue weighted by molar-refractivity contribution is 9.11. The molecule has 6 rings (SSSR count). The molecule has 4 aromatic rings. The lowest BCUT2D eigenvalue weighted by Crippen LogP contribution is -2.51. The van der Waals surface area contributed by atoms with E-state index in [0.29, 0.717) is 0 Å². The SMILES string of the molecule is Cc1cc2c3c(c(C)cc2c2c1-c1sc(Br)cc1[Si]2(C)C)-c1sc(Br)cc1[Si]3(C)C. The summed E-state index contributed by atoms with van der Waals surface area (Å²) in [5, 5.41) is 9.66. The van der Waals surface area contributed by atoms with Crippen molar-refractivity contribution in [3.8, 4) is 20.9 Å². The van der Waals surface area contributed by atoms with E-state index in [-0.39, 0.29) is 0 Å². The third kappa shape index (κ3) is 2.31. The fraction of sp³-hybridized carbons (Fsp3) is 0.250. The van der Waals surface area contributed by atoms with Gasteiger partial charge in [0.15, 0.2) is 0 Å². The highest BCUT2D eigenvalue weighted by atomic mass is 79.9. The standard InChI is InChI=1S/C24H22Br2S2Si2/c1-11-7-13-14(23-19(11)21-15(29(23,3)4)9-17(25)27-21)8-12(2)20-22-16(10-18(26)28-22)30(5,6)24(13)20/h7-10H,1-6H3. The molecule has 2 aliphatic rings. The summed E-state index contributed by atoms with van der Waals surface area (Å²) in [6, 6.07) is 9.87. The highest BCUT2D eigenvalue weighted by Crippen LogP contribution is 2.44. The van der Waals surface area contributed by atoms with Crippen LogP contribution in [0.5, 0.6) is 0 Å². The van der Waals surface area contributed by atoms with Crippen LogP contribution in [0, 0.1) is 13.8 Å². The van der Waals surface area contributed by atoms with Gasteiger partial charge in [-0.15, -0.1) is 22.7 Å². The maximum absolute atomic E-state index is 3.76. The first-order valence-corrected chi connectivity index (χ1v) is 19.5. The van der Waals surface area contributed by atoms with E-state index in [1.54, 1.807) is 31.9 Å². The Balaban J connectivity index is 1.80. The molecule has 152 valence electrons. The lowest BCUT2D eigenvalue weighted by molar-refractivity contribution is 1.50. The molecule has 0 saturated carbocycles. The maximum Gasteiger partial charge on any atom is 0.115 e. The maximum atomic E-state index is 3.76. The van der Waals surface area contributed by atoms with E-state index in [1.807, 2.05) is 22.7 Å². The van der Waals surface area contributed by atoms with Gasteiger partial charge in [-0.25, -0.2) is 0 Å². The fourth-order valence-electron chi connectivity index (χ4n) is 5.98. The Bertz CT molecular complexity index is 1330. The molecular weight excluding hydrogens is 568 g/mol. The molecule has 0 atom stereocenters. The molecule has 2 aliphatic heterocycles. The zero-order valence-corrected chi connectivity index (χ0v) is 24.7. The number of fused-ring (bicyclic) bond motifs is 9. The van der Waals surface area contributed by atoms with Crippen LogP contribution in [-0.2, 0) is 0 Å². The Hall–Kier alpha value is -0.506. The molecule has 0 unspecified atom stereocenters. The second-order valence-electron chi connectivity index (χ2n) is 9.82. The average Bonchev–Trinajstić information content (AvgIpc) is 3.32. The van der Waals surface area contributed by atoms with Crippen molar-refractivity contribution >= 4 is 102 Å². The second-order valence-corrected chi connectivity index (χ2v) is 23.3. The minimum absolute atomic E-state index is 1.27. The fourth-order valence-corrected chi connectivity index (χ4v) is 18.5. The summed E-state index contributed by atoms with van der Waals surface area (Å²) in [6.07, 6.45) is 0. The number of benzene rings is 2. The van der Waals surface area contributed by atoms with Crippen LogP contribution < -0.4 is 20.7 Å². The van der Waals surface area contributed by atoms with E-state index >= 15 is 0 Å². The molecule has 2 aromatic carbocycles. The summed E-state index contributed by atoms with van der Waals surface area (Å²) in [6.45, 7) is 14.9. The highest BCUT2D eigenvalue weighted by Gasteiger charge is 2.45. The van der Waals surface area contributed by atoms with Crippen molar-refractivity contribution in [2.45, 2.75) is 40.0 Å². The Morgan fingerprint density at radius 3 is 1.37 bits per heavy atom. The number of hydrogen-bond acceptors (Lipinski definition) is 2. The first kappa shape index (κ1) is 20.1. The molecule has 0 bridgehead atoms. The van der Waals surface area contributed by atoms with Crippen LogP contribution in [0.25, 0.3) is 31.7 Å². The smallest absolute Gasteiger partial charge is 0.115 e. The summed E-state index contributed by atoms with van der Waals surface area (Å²) >= 11 is 11.4. The van der Waals surface area contributed by atoms with Crippen LogP contribution in [-0.4, -0.2) is 16.1 Å². The zero-order valence-electron chi connectivity index (χ0n) is 17.9. The van der Waals surface area contributed by atoms with Crippen LogP contribution in [0.4, 0.5) is 0 Å². The monoisotopic (exact) mass is 588 g/mol. The van der Waals surface area contributed by atoms with E-state index in [1.165, 1.54) is 39.2 Å². The zero-order chi connectivity index (χ0) is 21.3. The van der Waals surface area contributed by atoms with Gasteiger partial charge in [-0.2, -0.15) is 0 Å². The number of halogens is 2. The number of thiophene rings is 2. The summed E-state index contributed by atoms with van der Waals surface area (Å²) in [5.41, 5.74) is 6.00. The van der Waals surface area contributed by atoms with E-state index in [4.69, 9.17) is 0 Å². The second kappa shape index (κ2) is 6.09. The minimum atomic E-state index is -1.74. The summed E-state index contributed by atoms with van der Waals surface area (Å²) in [4.78, 5) is 3.04. The lowest BCUT2D eigenvalue weighted by atomic mass is 9.96. The van der Waals surface area contributed by atoms with Gasteiger partial charge in [0, 0.05) is 9.75 Å². The average molecular weight is 591 g/mol. The predicted octanol–water partition coefficient (Wildman–Crippen LogP) is 6.71. The third-order valence-corrected chi connectivity index (χ3v) is 18.0. The van der Waals surface area contributed by atoms with E-state index < -0.39 is 16.1 Å². The van der Waals surface area contributed by atoms with Crippen LogP contribution >= 0.6 is 54.5 Å². The Kier molecular flexibility index (Phi) is 4.08. The molecule has 0 nitrogen and oxygen atoms in total. The summed E-state index contributed by atoms with van der Waals surface area (Å²) in [5.74, 6) is 0. The van der Waals surface area contributed by atoms with E-state index in [2.05, 4.69) is 96.2 Å². The first-order chi connectivity index (χ1) is 14.0. The minimum Gasteiger partial charge on any atom is -0.128 e. The largest absolute Gasteiger partial charge is 0.128 e. The van der Waals surface area contributed by atoms with Gasteiger partial charge in [-0.3, -0.25) is 0 Å². The van der Waals surface area contributed by atoms with Gasteiger partial charge in [0.2, 0.25) is 0 Å². The molecule has 0 saturated heterocycles. The molecule has 0 fully saturated rings. The van der Waals surface area contributed by atoms with Crippen LogP contribution in [0.1, 0.15) is 11.1 Å². The van der Waals surface area contributed by atoms with Gasteiger partial charge in [0.05, 0.1) is 7.57 Å². The number of aryl methyl sites for hydroxylation is 2. The molecule has 4 heterocycles. The first-order valence-electron chi connectivity index (χ1n) is 10.3. The van der Waals surface area contributed by atoms with Gasteiger partial charge in [-0.1, -0.05) is 38.3 Å². The van der Waals surface area contributed by atoms with Crippen molar-refractivity contribution in [2.75, 3.05) is 0 Å². The van der Waals surface area contributed by atoms with Crippen LogP contribution in [0.2, 0.25) is 26.2 Å². The molecule has 6 heteroatoms. The molecular formula is C24H22Br2S2Si2. The van der Waals surface area contributed by atoms with Crippen LogP contribution in [0.15, 0.2) is 31.8 Å². The van der Waals surface area contributed by atoms with Crippen molar-refractivity contribution < 1.29 is 0 Å². The molecule has 0 radical (unpaired) electrons. The Labute approximate surface area is 204 Å². The third-order valence-electron chi connectivity index (χ3n) is 7.29. The van der Waals surface area contributed by atoms with Gasteiger partial charge in [-0.05, 0) is 112 Å². The molecule has 2 aromatic heterocycles. The molecule has 0 aliphatic carbocycles. The molecule has 30 heavy (non-hydrogen) atoms. The van der Waals surface area contributed by atoms with Crippen molar-refractivity contribution in [1.82, 2.24) is 0 Å². The molecule has 0 N–H and O–H groups in total. The van der Waals surface area contributed by atoms with Crippen molar-refractivity contribution in [2.24, 2.45) is 0 Å².